The molecule has 0 aliphatic heterocycles. The van der Waals surface area contributed by atoms with Crippen LogP contribution in [0.1, 0.15) is 11.1 Å². The Morgan fingerprint density at radius 2 is 1.81 bits per heavy atom. The third-order valence-corrected chi connectivity index (χ3v) is 6.35. The van der Waals surface area contributed by atoms with Crippen molar-refractivity contribution in [3.05, 3.63) is 88.9 Å². The minimum atomic E-state index is -4.04. The van der Waals surface area contributed by atoms with Crippen LogP contribution in [0.4, 0.5) is 5.69 Å². The van der Waals surface area contributed by atoms with Crippen LogP contribution in [-0.4, -0.2) is 32.2 Å². The highest BCUT2D eigenvalue weighted by molar-refractivity contribution is 7.92. The Morgan fingerprint density at radius 1 is 1.10 bits per heavy atom. The van der Waals surface area contributed by atoms with E-state index in [9.17, 15) is 18.3 Å². The fourth-order valence-electron chi connectivity index (χ4n) is 2.72. The Labute approximate surface area is 185 Å². The van der Waals surface area contributed by atoms with Gasteiger partial charge in [-0.3, -0.25) is 9.10 Å². The van der Waals surface area contributed by atoms with Crippen molar-refractivity contribution in [2.24, 2.45) is 5.10 Å². The van der Waals surface area contributed by atoms with E-state index in [-0.39, 0.29) is 16.3 Å². The zero-order valence-electron chi connectivity index (χ0n) is 16.6. The first-order valence-corrected chi connectivity index (χ1v) is 11.0. The monoisotopic (exact) mass is 457 g/mol. The lowest BCUT2D eigenvalue weighted by Crippen LogP contribution is -2.39. The summed E-state index contributed by atoms with van der Waals surface area (Å²) in [5, 5.41) is 13.9. The topological polar surface area (TPSA) is 99.1 Å². The van der Waals surface area contributed by atoms with Crippen LogP contribution < -0.4 is 9.73 Å². The molecule has 0 unspecified atom stereocenters. The molecule has 3 aromatic rings. The number of sulfonamides is 1. The second-order valence-electron chi connectivity index (χ2n) is 6.66. The largest absolute Gasteiger partial charge is 0.507 e. The molecule has 0 atom stereocenters. The first-order chi connectivity index (χ1) is 14.8. The molecule has 7 nitrogen and oxygen atoms in total. The summed E-state index contributed by atoms with van der Waals surface area (Å²) in [5.41, 5.74) is 3.84. The quantitative estimate of drug-likeness (QED) is 0.417. The number of anilines is 1. The fourth-order valence-corrected chi connectivity index (χ4v) is 4.32. The highest BCUT2D eigenvalue weighted by Gasteiger charge is 2.27. The Hall–Kier alpha value is -3.36. The van der Waals surface area contributed by atoms with Gasteiger partial charge in [0.2, 0.25) is 0 Å². The number of carbonyl (C=O) groups excluding carboxylic acids is 1. The third kappa shape index (κ3) is 5.62. The lowest BCUT2D eigenvalue weighted by molar-refractivity contribution is -0.119. The van der Waals surface area contributed by atoms with Gasteiger partial charge in [0, 0.05) is 10.6 Å². The zero-order valence-corrected chi connectivity index (χ0v) is 18.1. The maximum atomic E-state index is 13.3. The van der Waals surface area contributed by atoms with E-state index in [0.29, 0.717) is 10.6 Å². The van der Waals surface area contributed by atoms with Crippen LogP contribution in [0, 0.1) is 6.92 Å². The number of nitrogens with one attached hydrogen (secondary N) is 1. The molecule has 0 radical (unpaired) electrons. The number of para-hydroxylation sites is 1. The molecular formula is C22H20ClN3O4S. The van der Waals surface area contributed by atoms with E-state index in [4.69, 9.17) is 11.6 Å². The normalized spacial score (nSPS) is 11.4. The first-order valence-electron chi connectivity index (χ1n) is 9.22. The Balaban J connectivity index is 1.86. The van der Waals surface area contributed by atoms with Gasteiger partial charge in [0.1, 0.15) is 12.3 Å². The van der Waals surface area contributed by atoms with Gasteiger partial charge < -0.3 is 5.11 Å². The Morgan fingerprint density at radius 3 is 2.48 bits per heavy atom. The number of phenolic OH excluding ortho intramolecular Hbond substituents is 1. The van der Waals surface area contributed by atoms with E-state index in [1.165, 1.54) is 30.5 Å². The van der Waals surface area contributed by atoms with Gasteiger partial charge in [0.25, 0.3) is 15.9 Å². The molecule has 0 aliphatic rings. The summed E-state index contributed by atoms with van der Waals surface area (Å²) < 4.78 is 27.5. The molecule has 0 heterocycles. The zero-order chi connectivity index (χ0) is 22.4. The molecule has 0 spiro atoms. The van der Waals surface area contributed by atoms with E-state index >= 15 is 0 Å². The summed E-state index contributed by atoms with van der Waals surface area (Å²) in [5.74, 6) is -0.662. The lowest BCUT2D eigenvalue weighted by Gasteiger charge is -2.24. The second kappa shape index (κ2) is 9.63. The van der Waals surface area contributed by atoms with Gasteiger partial charge in [0.05, 0.1) is 16.8 Å². The number of hydrazone groups is 1. The molecular weight excluding hydrogens is 438 g/mol. The number of hydrogen-bond donors (Lipinski definition) is 2. The van der Waals surface area contributed by atoms with Gasteiger partial charge >= 0.3 is 0 Å². The van der Waals surface area contributed by atoms with Gasteiger partial charge in [-0.2, -0.15) is 5.10 Å². The van der Waals surface area contributed by atoms with Crippen molar-refractivity contribution in [2.75, 3.05) is 10.8 Å². The molecule has 0 aromatic heterocycles. The molecule has 0 saturated carbocycles. The van der Waals surface area contributed by atoms with Crippen molar-refractivity contribution in [3.63, 3.8) is 0 Å². The number of phenols is 1. The van der Waals surface area contributed by atoms with Crippen molar-refractivity contribution in [1.29, 1.82) is 0 Å². The summed E-state index contributed by atoms with van der Waals surface area (Å²) in [6.07, 6.45) is 1.27. The van der Waals surface area contributed by atoms with E-state index in [2.05, 4.69) is 10.5 Å². The van der Waals surface area contributed by atoms with Crippen molar-refractivity contribution >= 4 is 39.4 Å². The van der Waals surface area contributed by atoms with Crippen molar-refractivity contribution in [3.8, 4) is 5.75 Å². The number of halogens is 1. The molecule has 3 aromatic carbocycles. The van der Waals surface area contributed by atoms with Crippen LogP contribution in [0.2, 0.25) is 5.02 Å². The second-order valence-corrected chi connectivity index (χ2v) is 8.96. The standard InChI is InChI=1S/C22H20ClN3O4S/c1-16-9-11-20(12-10-16)31(29,30)26(19-7-4-6-18(23)13-19)15-22(28)25-24-14-17-5-2-3-8-21(17)27/h2-14,27H,15H2,1H3,(H,25,28)/b24-14-. The molecule has 0 fully saturated rings. The molecule has 2 N–H and O–H groups in total. The average Bonchev–Trinajstić information content (AvgIpc) is 2.73. The lowest BCUT2D eigenvalue weighted by atomic mass is 10.2. The molecule has 9 heteroatoms. The highest BCUT2D eigenvalue weighted by atomic mass is 35.5. The smallest absolute Gasteiger partial charge is 0.264 e. The number of nitrogens with zero attached hydrogens (tertiary/aromatic N) is 2. The summed E-state index contributed by atoms with van der Waals surface area (Å²) in [7, 11) is -4.04. The van der Waals surface area contributed by atoms with Gasteiger partial charge in [0.15, 0.2) is 0 Å². The molecule has 0 aliphatic carbocycles. The Kier molecular flexibility index (Phi) is 6.94. The molecule has 0 saturated heterocycles. The van der Waals surface area contributed by atoms with Gasteiger partial charge in [-0.15, -0.1) is 0 Å². The van der Waals surface area contributed by atoms with Crippen LogP contribution in [0.25, 0.3) is 0 Å². The summed E-state index contributed by atoms with van der Waals surface area (Å²) >= 11 is 6.04. The number of benzene rings is 3. The predicted octanol–water partition coefficient (Wildman–Crippen LogP) is 3.70. The number of aromatic hydroxyl groups is 1. The minimum Gasteiger partial charge on any atom is -0.507 e. The van der Waals surface area contributed by atoms with Crippen molar-refractivity contribution < 1.29 is 18.3 Å². The number of aryl methyl sites for hydroxylation is 1. The SMILES string of the molecule is Cc1ccc(S(=O)(=O)N(CC(=O)N/N=C\c2ccccc2O)c2cccc(Cl)c2)cc1. The summed E-state index contributed by atoms with van der Waals surface area (Å²) in [6.45, 7) is 1.33. The number of rotatable bonds is 7. The maximum Gasteiger partial charge on any atom is 0.264 e. The van der Waals surface area contributed by atoms with Gasteiger partial charge in [-0.05, 0) is 49.4 Å². The van der Waals surface area contributed by atoms with Crippen LogP contribution in [0.3, 0.4) is 0 Å². The molecule has 3 rings (SSSR count). The van der Waals surface area contributed by atoms with E-state index < -0.39 is 22.5 Å². The van der Waals surface area contributed by atoms with E-state index in [1.54, 1.807) is 48.5 Å². The van der Waals surface area contributed by atoms with Gasteiger partial charge in [-0.1, -0.05) is 47.5 Å². The summed E-state index contributed by atoms with van der Waals surface area (Å²) in [4.78, 5) is 12.5. The van der Waals surface area contributed by atoms with Crippen LogP contribution in [0.15, 0.2) is 82.8 Å². The maximum absolute atomic E-state index is 13.3. The average molecular weight is 458 g/mol. The summed E-state index contributed by atoms with van der Waals surface area (Å²) in [6, 6.07) is 19.0. The molecule has 31 heavy (non-hydrogen) atoms. The Bertz CT molecular complexity index is 1210. The molecule has 160 valence electrons. The number of amides is 1. The van der Waals surface area contributed by atoms with Crippen LogP contribution in [0.5, 0.6) is 5.75 Å². The highest BCUT2D eigenvalue weighted by Crippen LogP contribution is 2.26. The van der Waals surface area contributed by atoms with E-state index in [1.807, 2.05) is 6.92 Å². The molecule has 1 amide bonds. The fraction of sp³-hybridized carbons (Fsp3) is 0.0909. The van der Waals surface area contributed by atoms with Crippen molar-refractivity contribution in [2.45, 2.75) is 11.8 Å². The number of carbonyl (C=O) groups is 1. The predicted molar refractivity (Wildman–Crippen MR) is 121 cm³/mol. The first kappa shape index (κ1) is 22.3. The number of hydrogen-bond acceptors (Lipinski definition) is 5. The minimum absolute atomic E-state index is 0.00278. The van der Waals surface area contributed by atoms with Crippen LogP contribution >= 0.6 is 11.6 Å². The van der Waals surface area contributed by atoms with Crippen LogP contribution in [-0.2, 0) is 14.8 Å². The van der Waals surface area contributed by atoms with Gasteiger partial charge in [-0.25, -0.2) is 13.8 Å². The third-order valence-electron chi connectivity index (χ3n) is 4.32. The molecule has 0 bridgehead atoms. The van der Waals surface area contributed by atoms with E-state index in [0.717, 1.165) is 9.87 Å². The van der Waals surface area contributed by atoms with Crippen molar-refractivity contribution in [1.82, 2.24) is 5.43 Å².